The lowest BCUT2D eigenvalue weighted by Crippen LogP contribution is -2.45. The van der Waals surface area contributed by atoms with E-state index < -0.39 is 14.6 Å². The molecule has 0 aliphatic heterocycles. The normalized spacial score (nSPS) is 14.7. The maximum absolute atomic E-state index is 12.0. The van der Waals surface area contributed by atoms with Crippen molar-refractivity contribution >= 4 is 9.84 Å². The highest BCUT2D eigenvalue weighted by molar-refractivity contribution is 7.92. The predicted octanol–water partition coefficient (Wildman–Crippen LogP) is 2.45. The van der Waals surface area contributed by atoms with Gasteiger partial charge >= 0.3 is 0 Å². The first-order valence-corrected chi connectivity index (χ1v) is 8.08. The van der Waals surface area contributed by atoms with Gasteiger partial charge in [0.1, 0.15) is 11.5 Å². The Kier molecular flexibility index (Phi) is 4.61. The summed E-state index contributed by atoms with van der Waals surface area (Å²) in [5, 5.41) is 3.27. The summed E-state index contributed by atoms with van der Waals surface area (Å²) in [5.74, 6) is 1.47. The molecule has 1 heterocycles. The fraction of sp³-hybridized carbons (Fsp3) is 0.692. The molecule has 0 saturated carbocycles. The highest BCUT2D eigenvalue weighted by Gasteiger charge is 2.41. The van der Waals surface area contributed by atoms with Gasteiger partial charge in [0.05, 0.1) is 10.8 Å². The average Bonchev–Trinajstić information content (AvgIpc) is 2.63. The van der Waals surface area contributed by atoms with Crippen LogP contribution in [0.2, 0.25) is 0 Å². The van der Waals surface area contributed by atoms with E-state index in [1.807, 2.05) is 26.0 Å². The van der Waals surface area contributed by atoms with E-state index in [4.69, 9.17) is 4.42 Å². The monoisotopic (exact) mass is 273 g/mol. The first-order chi connectivity index (χ1) is 8.20. The van der Waals surface area contributed by atoms with Crippen LogP contribution < -0.4 is 5.32 Å². The molecule has 5 heteroatoms. The van der Waals surface area contributed by atoms with Crippen LogP contribution in [0.3, 0.4) is 0 Å². The zero-order valence-corrected chi connectivity index (χ0v) is 12.6. The minimum Gasteiger partial charge on any atom is -0.465 e. The number of hydrogen-bond donors (Lipinski definition) is 1. The summed E-state index contributed by atoms with van der Waals surface area (Å²) in [6.45, 7) is 8.11. The first kappa shape index (κ1) is 15.2. The van der Waals surface area contributed by atoms with Crippen LogP contribution in [0.1, 0.15) is 44.8 Å². The third-order valence-electron chi connectivity index (χ3n) is 3.29. The van der Waals surface area contributed by atoms with Crippen molar-refractivity contribution in [2.75, 3.05) is 12.8 Å². The lowest BCUT2D eigenvalue weighted by atomic mass is 10.0. The Bertz CT molecular complexity index is 488. The SMILES string of the molecule is CCCNC(c1ccc(C)o1)C(C)(C)S(C)(=O)=O. The van der Waals surface area contributed by atoms with Crippen LogP contribution in [-0.4, -0.2) is 26.0 Å². The van der Waals surface area contributed by atoms with E-state index in [0.717, 1.165) is 18.7 Å². The van der Waals surface area contributed by atoms with Crippen LogP contribution in [0.5, 0.6) is 0 Å². The van der Waals surface area contributed by atoms with E-state index in [-0.39, 0.29) is 6.04 Å². The molecule has 0 spiro atoms. The van der Waals surface area contributed by atoms with Crippen molar-refractivity contribution in [2.24, 2.45) is 0 Å². The van der Waals surface area contributed by atoms with Crippen LogP contribution >= 0.6 is 0 Å². The number of hydrogen-bond acceptors (Lipinski definition) is 4. The molecule has 0 fully saturated rings. The van der Waals surface area contributed by atoms with Crippen molar-refractivity contribution in [3.05, 3.63) is 23.7 Å². The van der Waals surface area contributed by atoms with Crippen molar-refractivity contribution in [3.8, 4) is 0 Å². The largest absolute Gasteiger partial charge is 0.465 e. The van der Waals surface area contributed by atoms with Gasteiger partial charge in [0.25, 0.3) is 0 Å². The zero-order valence-electron chi connectivity index (χ0n) is 11.8. The summed E-state index contributed by atoms with van der Waals surface area (Å²) < 4.78 is 28.6. The molecule has 1 rings (SSSR count). The Morgan fingerprint density at radius 1 is 1.39 bits per heavy atom. The molecule has 18 heavy (non-hydrogen) atoms. The second-order valence-corrected chi connectivity index (χ2v) is 7.81. The topological polar surface area (TPSA) is 59.3 Å². The van der Waals surface area contributed by atoms with Gasteiger partial charge in [-0.3, -0.25) is 0 Å². The average molecular weight is 273 g/mol. The molecule has 1 atom stereocenters. The van der Waals surface area contributed by atoms with Crippen molar-refractivity contribution in [2.45, 2.75) is 44.9 Å². The van der Waals surface area contributed by atoms with Gasteiger partial charge in [-0.15, -0.1) is 0 Å². The zero-order chi connectivity index (χ0) is 14.0. The smallest absolute Gasteiger partial charge is 0.154 e. The van der Waals surface area contributed by atoms with Crippen molar-refractivity contribution in [1.82, 2.24) is 5.32 Å². The third-order valence-corrected chi connectivity index (χ3v) is 5.44. The molecule has 0 amide bonds. The van der Waals surface area contributed by atoms with Gasteiger partial charge in [-0.2, -0.15) is 0 Å². The van der Waals surface area contributed by atoms with Gasteiger partial charge in [0.2, 0.25) is 0 Å². The Balaban J connectivity index is 3.13. The van der Waals surface area contributed by atoms with E-state index in [1.54, 1.807) is 13.8 Å². The number of nitrogens with one attached hydrogen (secondary N) is 1. The van der Waals surface area contributed by atoms with Crippen molar-refractivity contribution in [1.29, 1.82) is 0 Å². The van der Waals surface area contributed by atoms with Gasteiger partial charge < -0.3 is 9.73 Å². The number of rotatable bonds is 6. The van der Waals surface area contributed by atoms with Crippen LogP contribution in [0.25, 0.3) is 0 Å². The lowest BCUT2D eigenvalue weighted by Gasteiger charge is -2.32. The Hall–Kier alpha value is -0.810. The number of sulfone groups is 1. The molecule has 0 bridgehead atoms. The van der Waals surface area contributed by atoms with E-state index in [0.29, 0.717) is 5.76 Å². The van der Waals surface area contributed by atoms with E-state index in [9.17, 15) is 8.42 Å². The molecule has 0 aromatic carbocycles. The maximum Gasteiger partial charge on any atom is 0.154 e. The summed E-state index contributed by atoms with van der Waals surface area (Å²) in [5.41, 5.74) is 0. The van der Waals surface area contributed by atoms with Gasteiger partial charge in [-0.1, -0.05) is 6.92 Å². The number of furan rings is 1. The molecular weight excluding hydrogens is 250 g/mol. The predicted molar refractivity (Wildman–Crippen MR) is 73.4 cm³/mol. The molecule has 0 radical (unpaired) electrons. The summed E-state index contributed by atoms with van der Waals surface area (Å²) in [7, 11) is -3.19. The molecule has 1 aromatic heterocycles. The fourth-order valence-corrected chi connectivity index (χ4v) is 2.43. The summed E-state index contributed by atoms with van der Waals surface area (Å²) in [6.07, 6.45) is 2.21. The lowest BCUT2D eigenvalue weighted by molar-refractivity contribution is 0.346. The molecule has 0 aliphatic carbocycles. The molecule has 1 N–H and O–H groups in total. The van der Waals surface area contributed by atoms with Crippen molar-refractivity contribution in [3.63, 3.8) is 0 Å². The van der Waals surface area contributed by atoms with Gasteiger partial charge in [-0.05, 0) is 45.9 Å². The molecule has 0 saturated heterocycles. The highest BCUT2D eigenvalue weighted by Crippen LogP contribution is 2.33. The Labute approximate surface area is 110 Å². The summed E-state index contributed by atoms with van der Waals surface area (Å²) >= 11 is 0. The van der Waals surface area contributed by atoms with E-state index >= 15 is 0 Å². The molecule has 4 nitrogen and oxygen atoms in total. The Morgan fingerprint density at radius 3 is 2.39 bits per heavy atom. The number of aryl methyl sites for hydroxylation is 1. The second-order valence-electron chi connectivity index (χ2n) is 5.21. The molecular formula is C13H23NO3S. The van der Waals surface area contributed by atoms with Crippen LogP contribution in [-0.2, 0) is 9.84 Å². The fourth-order valence-electron chi connectivity index (χ4n) is 1.80. The molecule has 104 valence electrons. The van der Waals surface area contributed by atoms with Gasteiger partial charge in [0, 0.05) is 6.26 Å². The summed E-state index contributed by atoms with van der Waals surface area (Å²) in [6, 6.07) is 3.37. The standard InChI is InChI=1S/C13H23NO3S/c1-6-9-14-12(11-8-7-10(2)17-11)13(3,4)18(5,15)16/h7-8,12,14H,6,9H2,1-5H3. The van der Waals surface area contributed by atoms with Gasteiger partial charge in [-0.25, -0.2) is 8.42 Å². The first-order valence-electron chi connectivity index (χ1n) is 6.19. The van der Waals surface area contributed by atoms with Crippen LogP contribution in [0.4, 0.5) is 0 Å². The maximum atomic E-state index is 12.0. The van der Waals surface area contributed by atoms with Crippen LogP contribution in [0, 0.1) is 6.92 Å². The second kappa shape index (κ2) is 5.45. The minimum atomic E-state index is -3.19. The third kappa shape index (κ3) is 3.14. The molecule has 0 aliphatic rings. The van der Waals surface area contributed by atoms with E-state index in [2.05, 4.69) is 5.32 Å². The molecule has 1 unspecified atom stereocenters. The summed E-state index contributed by atoms with van der Waals surface area (Å²) in [4.78, 5) is 0. The Morgan fingerprint density at radius 2 is 2.00 bits per heavy atom. The minimum absolute atomic E-state index is 0.332. The van der Waals surface area contributed by atoms with Crippen molar-refractivity contribution < 1.29 is 12.8 Å². The highest BCUT2D eigenvalue weighted by atomic mass is 32.2. The van der Waals surface area contributed by atoms with Gasteiger partial charge in [0.15, 0.2) is 9.84 Å². The van der Waals surface area contributed by atoms with E-state index in [1.165, 1.54) is 6.26 Å². The quantitative estimate of drug-likeness (QED) is 0.865. The van der Waals surface area contributed by atoms with Crippen LogP contribution in [0.15, 0.2) is 16.5 Å². The molecule has 1 aromatic rings.